The first kappa shape index (κ1) is 10.0. The van der Waals surface area contributed by atoms with Crippen molar-refractivity contribution in [1.29, 1.82) is 0 Å². The molecule has 0 saturated carbocycles. The standard InChI is InChI=1S/C7H9ClN2O3/c1-5(8)3-10-7(11)13-6(9-10)4-12-2/h1,3-4H2,2H3. The highest BCUT2D eigenvalue weighted by molar-refractivity contribution is 6.29. The Hall–Kier alpha value is -1.07. The molecule has 72 valence electrons. The lowest BCUT2D eigenvalue weighted by atomic mass is 10.6. The minimum absolute atomic E-state index is 0.146. The molecule has 0 bridgehead atoms. The number of aromatic nitrogens is 2. The van der Waals surface area contributed by atoms with Crippen LogP contribution in [-0.4, -0.2) is 16.9 Å². The van der Waals surface area contributed by atoms with Gasteiger partial charge in [-0.15, -0.1) is 5.10 Å². The normalized spacial score (nSPS) is 10.3. The summed E-state index contributed by atoms with van der Waals surface area (Å²) in [7, 11) is 1.49. The fourth-order valence-corrected chi connectivity index (χ4v) is 0.907. The smallest absolute Gasteiger partial charge is 0.390 e. The zero-order valence-electron chi connectivity index (χ0n) is 7.12. The molecule has 13 heavy (non-hydrogen) atoms. The molecule has 0 spiro atoms. The Morgan fingerprint density at radius 2 is 2.54 bits per heavy atom. The summed E-state index contributed by atoms with van der Waals surface area (Å²) in [6.45, 7) is 3.75. The minimum atomic E-state index is -0.561. The van der Waals surface area contributed by atoms with Gasteiger partial charge < -0.3 is 9.15 Å². The summed E-state index contributed by atoms with van der Waals surface area (Å²) in [5.74, 6) is -0.334. The van der Waals surface area contributed by atoms with E-state index in [-0.39, 0.29) is 19.0 Å². The molecule has 0 aliphatic heterocycles. The van der Waals surface area contributed by atoms with E-state index in [2.05, 4.69) is 11.7 Å². The second-order valence-corrected chi connectivity index (χ2v) is 2.90. The SMILES string of the molecule is C=C(Cl)Cn1nc(COC)oc1=O. The molecule has 0 aromatic carbocycles. The molecule has 0 saturated heterocycles. The third-order valence-electron chi connectivity index (χ3n) is 1.24. The molecule has 0 fully saturated rings. The van der Waals surface area contributed by atoms with Crippen molar-refractivity contribution in [2.45, 2.75) is 13.2 Å². The molecule has 0 aliphatic rings. The summed E-state index contributed by atoms with van der Waals surface area (Å²) < 4.78 is 10.6. The Kier molecular flexibility index (Phi) is 3.27. The van der Waals surface area contributed by atoms with Crippen LogP contribution in [0.5, 0.6) is 0 Å². The van der Waals surface area contributed by atoms with E-state index in [1.807, 2.05) is 0 Å². The summed E-state index contributed by atoms with van der Waals surface area (Å²) in [4.78, 5) is 11.0. The maximum absolute atomic E-state index is 11.0. The van der Waals surface area contributed by atoms with E-state index in [1.165, 1.54) is 7.11 Å². The van der Waals surface area contributed by atoms with Gasteiger partial charge in [0.1, 0.15) is 6.61 Å². The summed E-state index contributed by atoms with van der Waals surface area (Å²) in [5.41, 5.74) is 0. The van der Waals surface area contributed by atoms with Gasteiger partial charge in [0, 0.05) is 12.1 Å². The number of hydrogen-bond acceptors (Lipinski definition) is 4. The Labute approximate surface area is 79.6 Å². The maximum Gasteiger partial charge on any atom is 0.437 e. The third kappa shape index (κ3) is 2.71. The fourth-order valence-electron chi connectivity index (χ4n) is 0.794. The molecule has 1 aromatic heterocycles. The van der Waals surface area contributed by atoms with Crippen LogP contribution in [0.25, 0.3) is 0 Å². The van der Waals surface area contributed by atoms with Crippen molar-refractivity contribution in [2.75, 3.05) is 7.11 Å². The second-order valence-electron chi connectivity index (χ2n) is 2.37. The van der Waals surface area contributed by atoms with Crippen LogP contribution in [-0.2, 0) is 17.9 Å². The lowest BCUT2D eigenvalue weighted by Crippen LogP contribution is -2.15. The van der Waals surface area contributed by atoms with Crippen LogP contribution in [0.1, 0.15) is 5.89 Å². The monoisotopic (exact) mass is 204 g/mol. The molecule has 1 aromatic rings. The highest BCUT2D eigenvalue weighted by Crippen LogP contribution is 1.99. The molecule has 5 nitrogen and oxygen atoms in total. The summed E-state index contributed by atoms with van der Waals surface area (Å²) in [6, 6.07) is 0. The molecule has 6 heteroatoms. The summed E-state index contributed by atoms with van der Waals surface area (Å²) >= 11 is 5.50. The van der Waals surface area contributed by atoms with Crippen molar-refractivity contribution in [1.82, 2.24) is 9.78 Å². The number of hydrogen-bond donors (Lipinski definition) is 0. The molecule has 1 rings (SSSR count). The Morgan fingerprint density at radius 3 is 3.08 bits per heavy atom. The van der Waals surface area contributed by atoms with Gasteiger partial charge in [-0.25, -0.2) is 4.79 Å². The maximum atomic E-state index is 11.0. The van der Waals surface area contributed by atoms with E-state index in [0.717, 1.165) is 4.68 Å². The number of methoxy groups -OCH3 is 1. The van der Waals surface area contributed by atoms with Crippen molar-refractivity contribution in [3.05, 3.63) is 28.1 Å². The van der Waals surface area contributed by atoms with Gasteiger partial charge in [0.25, 0.3) is 0 Å². The van der Waals surface area contributed by atoms with Crippen molar-refractivity contribution < 1.29 is 9.15 Å². The molecule has 0 unspecified atom stereocenters. The van der Waals surface area contributed by atoms with E-state index >= 15 is 0 Å². The lowest BCUT2D eigenvalue weighted by molar-refractivity contribution is 0.158. The first-order valence-corrected chi connectivity index (χ1v) is 3.90. The second kappa shape index (κ2) is 4.25. The Morgan fingerprint density at radius 1 is 1.85 bits per heavy atom. The zero-order chi connectivity index (χ0) is 9.84. The van der Waals surface area contributed by atoms with Crippen LogP contribution in [0.4, 0.5) is 0 Å². The number of halogens is 1. The van der Waals surface area contributed by atoms with Crippen LogP contribution in [0.3, 0.4) is 0 Å². The predicted molar refractivity (Wildman–Crippen MR) is 46.5 cm³/mol. The third-order valence-corrected chi connectivity index (χ3v) is 1.36. The molecule has 0 radical (unpaired) electrons. The lowest BCUT2D eigenvalue weighted by Gasteiger charge is -1.92. The van der Waals surface area contributed by atoms with E-state index in [0.29, 0.717) is 5.03 Å². The van der Waals surface area contributed by atoms with E-state index in [9.17, 15) is 4.79 Å². The van der Waals surface area contributed by atoms with E-state index in [4.69, 9.17) is 20.8 Å². The van der Waals surface area contributed by atoms with Gasteiger partial charge in [0.15, 0.2) is 0 Å². The zero-order valence-corrected chi connectivity index (χ0v) is 7.87. The highest BCUT2D eigenvalue weighted by atomic mass is 35.5. The van der Waals surface area contributed by atoms with Crippen molar-refractivity contribution in [2.24, 2.45) is 0 Å². The van der Waals surface area contributed by atoms with E-state index in [1.54, 1.807) is 0 Å². The fraction of sp³-hybridized carbons (Fsp3) is 0.429. The average molecular weight is 205 g/mol. The van der Waals surface area contributed by atoms with Crippen LogP contribution < -0.4 is 5.76 Å². The number of rotatable bonds is 4. The quantitative estimate of drug-likeness (QED) is 0.726. The van der Waals surface area contributed by atoms with Gasteiger partial charge in [-0.2, -0.15) is 4.68 Å². The topological polar surface area (TPSA) is 57.3 Å². The average Bonchev–Trinajstić information content (AvgIpc) is 2.31. The van der Waals surface area contributed by atoms with Crippen molar-refractivity contribution in [3.8, 4) is 0 Å². The summed E-state index contributed by atoms with van der Waals surface area (Å²) in [5, 5.41) is 4.13. The van der Waals surface area contributed by atoms with Crippen LogP contribution in [0.2, 0.25) is 0 Å². The van der Waals surface area contributed by atoms with Gasteiger partial charge in [-0.3, -0.25) is 0 Å². The first-order chi connectivity index (χ1) is 6.13. The van der Waals surface area contributed by atoms with Gasteiger partial charge in [0.2, 0.25) is 5.89 Å². The van der Waals surface area contributed by atoms with E-state index < -0.39 is 5.76 Å². The van der Waals surface area contributed by atoms with Crippen LogP contribution in [0.15, 0.2) is 20.8 Å². The molecular formula is C7H9ClN2O3. The van der Waals surface area contributed by atoms with Crippen LogP contribution in [0, 0.1) is 0 Å². The molecular weight excluding hydrogens is 196 g/mol. The number of nitrogens with zero attached hydrogens (tertiary/aromatic N) is 2. The van der Waals surface area contributed by atoms with Gasteiger partial charge in [0.05, 0.1) is 6.54 Å². The van der Waals surface area contributed by atoms with Gasteiger partial charge >= 0.3 is 5.76 Å². The Balaban J connectivity index is 2.83. The van der Waals surface area contributed by atoms with Crippen molar-refractivity contribution >= 4 is 11.6 Å². The largest absolute Gasteiger partial charge is 0.437 e. The van der Waals surface area contributed by atoms with Gasteiger partial charge in [-0.05, 0) is 0 Å². The van der Waals surface area contributed by atoms with Crippen LogP contribution >= 0.6 is 11.6 Å². The number of allylic oxidation sites excluding steroid dienone is 1. The van der Waals surface area contributed by atoms with Gasteiger partial charge in [-0.1, -0.05) is 18.2 Å². The molecule has 0 atom stereocenters. The molecule has 0 N–H and O–H groups in total. The molecule has 0 amide bonds. The summed E-state index contributed by atoms with van der Waals surface area (Å²) in [6.07, 6.45) is 0. The first-order valence-electron chi connectivity index (χ1n) is 3.52. The number of ether oxygens (including phenoxy) is 1. The molecule has 1 heterocycles. The highest BCUT2D eigenvalue weighted by Gasteiger charge is 2.07. The minimum Gasteiger partial charge on any atom is -0.390 e. The Bertz CT molecular complexity index is 355. The molecule has 0 aliphatic carbocycles. The predicted octanol–water partition coefficient (Wildman–Crippen LogP) is 0.735. The van der Waals surface area contributed by atoms with Crippen molar-refractivity contribution in [3.63, 3.8) is 0 Å².